The van der Waals surface area contributed by atoms with Crippen molar-refractivity contribution in [2.45, 2.75) is 0 Å². The quantitative estimate of drug-likeness (QED) is 0.728. The van der Waals surface area contributed by atoms with E-state index in [4.69, 9.17) is 4.74 Å². The first kappa shape index (κ1) is 14.7. The van der Waals surface area contributed by atoms with Gasteiger partial charge in [-0.3, -0.25) is 4.79 Å². The van der Waals surface area contributed by atoms with Crippen LogP contribution in [0.5, 0.6) is 5.75 Å². The average molecular weight is 305 g/mol. The van der Waals surface area contributed by atoms with Crippen molar-refractivity contribution in [2.24, 2.45) is 0 Å². The smallest absolute Gasteiger partial charge is 0.227 e. The summed E-state index contributed by atoms with van der Waals surface area (Å²) >= 11 is 0. The molecule has 23 heavy (non-hydrogen) atoms. The molecule has 0 atom stereocenters. The van der Waals surface area contributed by atoms with E-state index in [0.29, 0.717) is 11.5 Å². The Bertz CT molecular complexity index is 782. The van der Waals surface area contributed by atoms with Crippen LogP contribution in [0.25, 0.3) is 11.1 Å². The lowest BCUT2D eigenvalue weighted by molar-refractivity contribution is 0.112. The number of aldehydes is 1. The average Bonchev–Trinajstić information content (AvgIpc) is 2.63. The molecule has 3 rings (SSSR count). The van der Waals surface area contributed by atoms with Crippen LogP contribution in [-0.2, 0) is 0 Å². The number of ether oxygens (including phenoxy) is 1. The molecule has 0 spiro atoms. The van der Waals surface area contributed by atoms with Crippen LogP contribution in [0, 0.1) is 0 Å². The van der Waals surface area contributed by atoms with Gasteiger partial charge in [0, 0.05) is 29.2 Å². The van der Waals surface area contributed by atoms with E-state index < -0.39 is 0 Å². The molecule has 0 aliphatic rings. The summed E-state index contributed by atoms with van der Waals surface area (Å²) in [5.74, 6) is 1.31. The first-order valence-corrected chi connectivity index (χ1v) is 7.07. The van der Waals surface area contributed by atoms with E-state index in [1.807, 2.05) is 36.4 Å². The summed E-state index contributed by atoms with van der Waals surface area (Å²) < 4.78 is 5.14. The van der Waals surface area contributed by atoms with Gasteiger partial charge < -0.3 is 10.1 Å². The number of carbonyl (C=O) groups excluding carboxylic acids is 1. The molecule has 1 heterocycles. The maximum Gasteiger partial charge on any atom is 0.227 e. The maximum atomic E-state index is 10.6. The van der Waals surface area contributed by atoms with E-state index in [9.17, 15) is 4.79 Å². The number of hydrogen-bond donors (Lipinski definition) is 1. The molecule has 0 saturated heterocycles. The number of carbonyl (C=O) groups is 1. The van der Waals surface area contributed by atoms with Crippen LogP contribution in [-0.4, -0.2) is 23.4 Å². The van der Waals surface area contributed by atoms with Gasteiger partial charge in [0.15, 0.2) is 0 Å². The zero-order chi connectivity index (χ0) is 16.1. The van der Waals surface area contributed by atoms with Crippen LogP contribution >= 0.6 is 0 Å². The fourth-order valence-electron chi connectivity index (χ4n) is 2.10. The lowest BCUT2D eigenvalue weighted by atomic mass is 10.1. The summed E-state index contributed by atoms with van der Waals surface area (Å²) in [6, 6.07) is 14.8. The van der Waals surface area contributed by atoms with Gasteiger partial charge in [0.1, 0.15) is 12.0 Å². The highest BCUT2D eigenvalue weighted by molar-refractivity contribution is 5.76. The largest absolute Gasteiger partial charge is 0.497 e. The minimum atomic E-state index is 0.501. The number of nitrogens with zero attached hydrogens (tertiary/aromatic N) is 2. The number of nitrogens with one attached hydrogen (secondary N) is 1. The molecule has 0 unspecified atom stereocenters. The monoisotopic (exact) mass is 305 g/mol. The summed E-state index contributed by atoms with van der Waals surface area (Å²) in [6.07, 6.45) is 4.33. The van der Waals surface area contributed by atoms with Gasteiger partial charge in [-0.05, 0) is 42.0 Å². The number of hydrogen-bond acceptors (Lipinski definition) is 5. The van der Waals surface area contributed by atoms with Crippen LogP contribution in [0.3, 0.4) is 0 Å². The fourth-order valence-corrected chi connectivity index (χ4v) is 2.10. The van der Waals surface area contributed by atoms with Crippen molar-refractivity contribution in [2.75, 3.05) is 12.4 Å². The third kappa shape index (κ3) is 3.52. The molecular formula is C18H15N3O2. The summed E-state index contributed by atoms with van der Waals surface area (Å²) in [6.45, 7) is 0. The molecule has 5 heteroatoms. The van der Waals surface area contributed by atoms with Gasteiger partial charge in [0.2, 0.25) is 5.95 Å². The van der Waals surface area contributed by atoms with Gasteiger partial charge in [-0.15, -0.1) is 0 Å². The Balaban J connectivity index is 1.74. The second kappa shape index (κ2) is 6.70. The Morgan fingerprint density at radius 2 is 1.57 bits per heavy atom. The van der Waals surface area contributed by atoms with E-state index in [0.717, 1.165) is 28.8 Å². The van der Waals surface area contributed by atoms with E-state index in [-0.39, 0.29) is 0 Å². The Labute approximate surface area is 134 Å². The Kier molecular flexibility index (Phi) is 4.29. The molecule has 0 aliphatic carbocycles. The molecule has 1 N–H and O–H groups in total. The molecule has 5 nitrogen and oxygen atoms in total. The highest BCUT2D eigenvalue weighted by Gasteiger charge is 2.02. The fraction of sp³-hybridized carbons (Fsp3) is 0.0556. The zero-order valence-corrected chi connectivity index (χ0v) is 12.6. The van der Waals surface area contributed by atoms with Gasteiger partial charge in [-0.1, -0.05) is 12.1 Å². The van der Waals surface area contributed by atoms with Crippen molar-refractivity contribution in [3.8, 4) is 16.9 Å². The SMILES string of the molecule is COc1ccc(-c2cnc(Nc3ccc(C=O)cc3)nc2)cc1. The van der Waals surface area contributed by atoms with Crippen LogP contribution in [0.1, 0.15) is 10.4 Å². The summed E-state index contributed by atoms with van der Waals surface area (Å²) in [5.41, 5.74) is 3.40. The van der Waals surface area contributed by atoms with E-state index >= 15 is 0 Å². The Morgan fingerprint density at radius 3 is 2.13 bits per heavy atom. The molecule has 0 amide bonds. The lowest BCUT2D eigenvalue weighted by Gasteiger charge is -2.06. The van der Waals surface area contributed by atoms with Gasteiger partial charge >= 0.3 is 0 Å². The van der Waals surface area contributed by atoms with E-state index in [1.54, 1.807) is 31.6 Å². The standard InChI is InChI=1S/C18H15N3O2/c1-23-17-8-4-14(5-9-17)15-10-19-18(20-11-15)21-16-6-2-13(12-22)3-7-16/h2-12H,1H3,(H,19,20,21). The summed E-state index contributed by atoms with van der Waals surface area (Å²) in [7, 11) is 1.64. The van der Waals surface area contributed by atoms with E-state index in [2.05, 4.69) is 15.3 Å². The van der Waals surface area contributed by atoms with Crippen LogP contribution in [0.2, 0.25) is 0 Å². The predicted octanol–water partition coefficient (Wildman–Crippen LogP) is 3.71. The first-order valence-electron chi connectivity index (χ1n) is 7.07. The molecule has 0 aliphatic heterocycles. The van der Waals surface area contributed by atoms with Crippen LogP contribution in [0.4, 0.5) is 11.6 Å². The summed E-state index contributed by atoms with van der Waals surface area (Å²) in [4.78, 5) is 19.3. The highest BCUT2D eigenvalue weighted by Crippen LogP contribution is 2.22. The summed E-state index contributed by atoms with van der Waals surface area (Å²) in [5, 5.41) is 3.09. The lowest BCUT2D eigenvalue weighted by Crippen LogP contribution is -1.97. The van der Waals surface area contributed by atoms with Crippen LogP contribution in [0.15, 0.2) is 60.9 Å². The molecule has 1 aromatic heterocycles. The van der Waals surface area contributed by atoms with Crippen molar-refractivity contribution in [1.82, 2.24) is 9.97 Å². The minimum absolute atomic E-state index is 0.501. The molecule has 0 radical (unpaired) electrons. The second-order valence-electron chi connectivity index (χ2n) is 4.89. The maximum absolute atomic E-state index is 10.6. The van der Waals surface area contributed by atoms with Gasteiger partial charge in [0.05, 0.1) is 7.11 Å². The van der Waals surface area contributed by atoms with Crippen molar-refractivity contribution in [1.29, 1.82) is 0 Å². The van der Waals surface area contributed by atoms with Crippen molar-refractivity contribution >= 4 is 17.9 Å². The van der Waals surface area contributed by atoms with Gasteiger partial charge in [0.25, 0.3) is 0 Å². The van der Waals surface area contributed by atoms with Crippen LogP contribution < -0.4 is 10.1 Å². The molecule has 114 valence electrons. The molecular weight excluding hydrogens is 290 g/mol. The molecule has 0 bridgehead atoms. The number of aromatic nitrogens is 2. The van der Waals surface area contributed by atoms with Crippen molar-refractivity contribution in [3.05, 3.63) is 66.5 Å². The highest BCUT2D eigenvalue weighted by atomic mass is 16.5. The molecule has 3 aromatic rings. The second-order valence-corrected chi connectivity index (χ2v) is 4.89. The first-order chi connectivity index (χ1) is 11.3. The van der Waals surface area contributed by atoms with E-state index in [1.165, 1.54) is 0 Å². The number of benzene rings is 2. The van der Waals surface area contributed by atoms with Crippen molar-refractivity contribution < 1.29 is 9.53 Å². The number of methoxy groups -OCH3 is 1. The third-order valence-electron chi connectivity index (χ3n) is 3.38. The zero-order valence-electron chi connectivity index (χ0n) is 12.6. The Morgan fingerprint density at radius 1 is 0.913 bits per heavy atom. The number of anilines is 2. The van der Waals surface area contributed by atoms with Gasteiger partial charge in [-0.25, -0.2) is 9.97 Å². The third-order valence-corrected chi connectivity index (χ3v) is 3.38. The normalized spacial score (nSPS) is 10.1. The minimum Gasteiger partial charge on any atom is -0.497 e. The molecule has 0 saturated carbocycles. The van der Waals surface area contributed by atoms with Crippen molar-refractivity contribution in [3.63, 3.8) is 0 Å². The number of rotatable bonds is 5. The molecule has 2 aromatic carbocycles. The van der Waals surface area contributed by atoms with Gasteiger partial charge in [-0.2, -0.15) is 0 Å². The Hall–Kier alpha value is -3.21. The molecule has 0 fully saturated rings. The predicted molar refractivity (Wildman–Crippen MR) is 89.1 cm³/mol. The topological polar surface area (TPSA) is 64.1 Å².